The fourth-order valence-corrected chi connectivity index (χ4v) is 2.18. The van der Waals surface area contributed by atoms with Gasteiger partial charge in [-0.1, -0.05) is 6.42 Å². The third kappa shape index (κ3) is 2.73. The molecule has 1 saturated heterocycles. The van der Waals surface area contributed by atoms with Crippen molar-refractivity contribution in [3.05, 3.63) is 0 Å². The van der Waals surface area contributed by atoms with Gasteiger partial charge in [0.2, 0.25) is 0 Å². The highest BCUT2D eigenvalue weighted by Gasteiger charge is 2.33. The molecule has 1 heterocycles. The van der Waals surface area contributed by atoms with Gasteiger partial charge in [-0.15, -0.1) is 6.42 Å². The van der Waals surface area contributed by atoms with Gasteiger partial charge in [0.1, 0.15) is 0 Å². The maximum atomic E-state index is 11.5. The minimum atomic E-state index is -0.134. The largest absolute Gasteiger partial charge is 0.327 e. The van der Waals surface area contributed by atoms with Crippen LogP contribution in [0.3, 0.4) is 0 Å². The average Bonchev–Trinajstić information content (AvgIpc) is 3.10. The van der Waals surface area contributed by atoms with E-state index in [1.165, 1.54) is 19.3 Å². The molecule has 2 aliphatic rings. The topological polar surface area (TPSA) is 32.3 Å². The zero-order valence-corrected chi connectivity index (χ0v) is 9.04. The normalized spacial score (nSPS) is 25.7. The zero-order valence-electron chi connectivity index (χ0n) is 9.04. The average molecular weight is 206 g/mol. The van der Waals surface area contributed by atoms with Crippen LogP contribution in [0.1, 0.15) is 32.1 Å². The number of hydrogen-bond acceptors (Lipinski definition) is 2. The van der Waals surface area contributed by atoms with Crippen LogP contribution in [0.4, 0.5) is 0 Å². The monoisotopic (exact) mass is 206 g/mol. The van der Waals surface area contributed by atoms with Gasteiger partial charge in [0.25, 0.3) is 5.91 Å². The van der Waals surface area contributed by atoms with E-state index in [1.54, 1.807) is 0 Å². The van der Waals surface area contributed by atoms with Gasteiger partial charge in [-0.2, -0.15) is 0 Å². The first kappa shape index (κ1) is 10.5. The number of piperidine rings is 1. The molecule has 1 atom stereocenters. The molecule has 0 aromatic heterocycles. The fraction of sp³-hybridized carbons (Fsp3) is 0.750. The lowest BCUT2D eigenvalue weighted by Gasteiger charge is -2.29. The van der Waals surface area contributed by atoms with Crippen LogP contribution in [0.2, 0.25) is 0 Å². The van der Waals surface area contributed by atoms with E-state index in [0.29, 0.717) is 12.1 Å². The molecule has 1 saturated carbocycles. The van der Waals surface area contributed by atoms with Crippen molar-refractivity contribution in [3.63, 3.8) is 0 Å². The summed E-state index contributed by atoms with van der Waals surface area (Å²) in [5, 5.41) is 3.45. The van der Waals surface area contributed by atoms with Crippen molar-refractivity contribution in [2.24, 2.45) is 0 Å². The summed E-state index contributed by atoms with van der Waals surface area (Å²) in [5.41, 5.74) is 0. The van der Waals surface area contributed by atoms with Crippen LogP contribution in [0, 0.1) is 12.3 Å². The first-order valence-corrected chi connectivity index (χ1v) is 5.82. The van der Waals surface area contributed by atoms with E-state index < -0.39 is 0 Å². The molecule has 0 spiro atoms. The van der Waals surface area contributed by atoms with E-state index in [4.69, 9.17) is 6.42 Å². The first-order valence-electron chi connectivity index (χ1n) is 5.82. The molecule has 1 unspecified atom stereocenters. The Labute approximate surface area is 91.2 Å². The molecule has 3 heteroatoms. The van der Waals surface area contributed by atoms with Crippen molar-refractivity contribution in [3.8, 4) is 12.3 Å². The highest BCUT2D eigenvalue weighted by atomic mass is 16.2. The molecule has 2 fully saturated rings. The second-order valence-electron chi connectivity index (χ2n) is 4.48. The summed E-state index contributed by atoms with van der Waals surface area (Å²) >= 11 is 0. The Kier molecular flexibility index (Phi) is 3.27. The standard InChI is InChI=1S/C12H18N2O/c1-2-12(15)14(11-6-7-11)9-10-5-3-4-8-13-10/h1,10-11,13H,3-9H2. The van der Waals surface area contributed by atoms with Crippen LogP contribution >= 0.6 is 0 Å². The van der Waals surface area contributed by atoms with Gasteiger partial charge in [-0.05, 0) is 38.1 Å². The number of nitrogens with one attached hydrogen (secondary N) is 1. The molecule has 0 aromatic rings. The van der Waals surface area contributed by atoms with Crippen LogP contribution in [0.5, 0.6) is 0 Å². The fourth-order valence-electron chi connectivity index (χ4n) is 2.18. The summed E-state index contributed by atoms with van der Waals surface area (Å²) in [5.74, 6) is 2.10. The Morgan fingerprint density at radius 3 is 2.73 bits per heavy atom. The lowest BCUT2D eigenvalue weighted by Crippen LogP contribution is -2.46. The molecule has 1 aliphatic heterocycles. The SMILES string of the molecule is C#CC(=O)N(CC1CCCCN1)C1CC1. The zero-order chi connectivity index (χ0) is 10.7. The smallest absolute Gasteiger partial charge is 0.298 e. The van der Waals surface area contributed by atoms with Crippen molar-refractivity contribution in [1.82, 2.24) is 10.2 Å². The van der Waals surface area contributed by atoms with Gasteiger partial charge in [0, 0.05) is 18.6 Å². The van der Waals surface area contributed by atoms with E-state index in [1.807, 2.05) is 4.90 Å². The molecular weight excluding hydrogens is 188 g/mol. The second-order valence-corrected chi connectivity index (χ2v) is 4.48. The number of nitrogens with zero attached hydrogens (tertiary/aromatic N) is 1. The number of carbonyl (C=O) groups is 1. The number of terminal acetylenes is 1. The number of hydrogen-bond donors (Lipinski definition) is 1. The van der Waals surface area contributed by atoms with E-state index in [2.05, 4.69) is 11.2 Å². The van der Waals surface area contributed by atoms with Crippen LogP contribution in [-0.2, 0) is 4.79 Å². The molecule has 1 aliphatic carbocycles. The highest BCUT2D eigenvalue weighted by Crippen LogP contribution is 2.27. The quantitative estimate of drug-likeness (QED) is 0.691. The van der Waals surface area contributed by atoms with E-state index in [9.17, 15) is 4.79 Å². The summed E-state index contributed by atoms with van der Waals surface area (Å²) in [4.78, 5) is 13.4. The molecule has 3 nitrogen and oxygen atoms in total. The molecule has 0 radical (unpaired) electrons. The van der Waals surface area contributed by atoms with Gasteiger partial charge >= 0.3 is 0 Å². The number of amides is 1. The summed E-state index contributed by atoms with van der Waals surface area (Å²) in [7, 11) is 0. The van der Waals surface area contributed by atoms with Crippen LogP contribution in [0.15, 0.2) is 0 Å². The van der Waals surface area contributed by atoms with Crippen molar-refractivity contribution in [2.45, 2.75) is 44.2 Å². The summed E-state index contributed by atoms with van der Waals surface area (Å²) < 4.78 is 0. The Morgan fingerprint density at radius 1 is 1.40 bits per heavy atom. The van der Waals surface area contributed by atoms with Crippen molar-refractivity contribution in [2.75, 3.05) is 13.1 Å². The lowest BCUT2D eigenvalue weighted by atomic mass is 10.0. The Balaban J connectivity index is 1.88. The molecule has 0 bridgehead atoms. The molecule has 0 aromatic carbocycles. The second kappa shape index (κ2) is 4.67. The van der Waals surface area contributed by atoms with Crippen molar-refractivity contribution in [1.29, 1.82) is 0 Å². The lowest BCUT2D eigenvalue weighted by molar-refractivity contribution is -0.126. The van der Waals surface area contributed by atoms with Crippen molar-refractivity contribution >= 4 is 5.91 Å². The van der Waals surface area contributed by atoms with Crippen LogP contribution in [-0.4, -0.2) is 36.0 Å². The van der Waals surface area contributed by atoms with Crippen LogP contribution < -0.4 is 5.32 Å². The van der Waals surface area contributed by atoms with E-state index in [-0.39, 0.29) is 5.91 Å². The van der Waals surface area contributed by atoms with Gasteiger partial charge in [0.05, 0.1) is 0 Å². The highest BCUT2D eigenvalue weighted by molar-refractivity contribution is 5.93. The molecule has 15 heavy (non-hydrogen) atoms. The maximum absolute atomic E-state index is 11.5. The summed E-state index contributed by atoms with van der Waals surface area (Å²) in [6.07, 6.45) is 11.1. The molecular formula is C12H18N2O. The summed E-state index contributed by atoms with van der Waals surface area (Å²) in [6, 6.07) is 0.883. The maximum Gasteiger partial charge on any atom is 0.298 e. The third-order valence-electron chi connectivity index (χ3n) is 3.20. The van der Waals surface area contributed by atoms with Gasteiger partial charge in [-0.25, -0.2) is 0 Å². The van der Waals surface area contributed by atoms with Crippen LogP contribution in [0.25, 0.3) is 0 Å². The Bertz CT molecular complexity index is 272. The third-order valence-corrected chi connectivity index (χ3v) is 3.20. The van der Waals surface area contributed by atoms with Crippen molar-refractivity contribution < 1.29 is 4.79 Å². The number of carbonyl (C=O) groups excluding carboxylic acids is 1. The number of rotatable bonds is 3. The molecule has 2 rings (SSSR count). The van der Waals surface area contributed by atoms with E-state index in [0.717, 1.165) is 25.9 Å². The molecule has 1 amide bonds. The predicted molar refractivity (Wildman–Crippen MR) is 59.2 cm³/mol. The predicted octanol–water partition coefficient (Wildman–Crippen LogP) is 0.753. The van der Waals surface area contributed by atoms with E-state index >= 15 is 0 Å². The molecule has 1 N–H and O–H groups in total. The minimum Gasteiger partial charge on any atom is -0.327 e. The Morgan fingerprint density at radius 2 is 2.20 bits per heavy atom. The molecule has 82 valence electrons. The van der Waals surface area contributed by atoms with Gasteiger partial charge in [0.15, 0.2) is 0 Å². The first-order chi connectivity index (χ1) is 7.31. The van der Waals surface area contributed by atoms with Gasteiger partial charge < -0.3 is 10.2 Å². The summed E-state index contributed by atoms with van der Waals surface area (Å²) in [6.45, 7) is 1.88. The van der Waals surface area contributed by atoms with Gasteiger partial charge in [-0.3, -0.25) is 4.79 Å². The minimum absolute atomic E-state index is 0.134. The Hall–Kier alpha value is -1.01.